The third-order valence-electron chi connectivity index (χ3n) is 1.90. The van der Waals surface area contributed by atoms with Crippen molar-refractivity contribution >= 4 is 11.8 Å². The van der Waals surface area contributed by atoms with Gasteiger partial charge in [0.1, 0.15) is 0 Å². The highest BCUT2D eigenvalue weighted by Gasteiger charge is 2.26. The van der Waals surface area contributed by atoms with Crippen LogP contribution in [0.5, 0.6) is 0 Å². The van der Waals surface area contributed by atoms with Gasteiger partial charge >= 0.3 is 0 Å². The molecule has 78 valence electrons. The molecule has 0 fully saturated rings. The minimum absolute atomic E-state index is 0.280. The second-order valence-corrected chi connectivity index (χ2v) is 3.97. The minimum atomic E-state index is -2.79. The van der Waals surface area contributed by atoms with Gasteiger partial charge in [0.05, 0.1) is 6.54 Å². The van der Waals surface area contributed by atoms with E-state index >= 15 is 0 Å². The van der Waals surface area contributed by atoms with Crippen LogP contribution >= 0.6 is 11.8 Å². The summed E-state index contributed by atoms with van der Waals surface area (Å²) in [5.41, 5.74) is 5.60. The van der Waals surface area contributed by atoms with Crippen LogP contribution in [-0.2, 0) is 6.42 Å². The lowest BCUT2D eigenvalue weighted by molar-refractivity contribution is 0.0114. The topological polar surface area (TPSA) is 26.0 Å². The summed E-state index contributed by atoms with van der Waals surface area (Å²) in [6.45, 7) is -0.601. The van der Waals surface area contributed by atoms with Gasteiger partial charge in [0.25, 0.3) is 5.92 Å². The maximum Gasteiger partial charge on any atom is 0.264 e. The van der Waals surface area contributed by atoms with Crippen LogP contribution in [0.3, 0.4) is 0 Å². The molecule has 0 atom stereocenters. The van der Waals surface area contributed by atoms with E-state index in [1.165, 1.54) is 0 Å². The molecule has 1 aromatic rings. The van der Waals surface area contributed by atoms with Gasteiger partial charge in [0.2, 0.25) is 0 Å². The number of hydrogen-bond donors (Lipinski definition) is 1. The summed E-state index contributed by atoms with van der Waals surface area (Å²) in [5, 5.41) is 0. The Morgan fingerprint density at radius 3 is 2.71 bits per heavy atom. The van der Waals surface area contributed by atoms with Crippen LogP contribution < -0.4 is 5.73 Å². The highest BCUT2D eigenvalue weighted by Crippen LogP contribution is 2.22. The fourth-order valence-corrected chi connectivity index (χ4v) is 1.64. The van der Waals surface area contributed by atoms with E-state index in [1.807, 2.05) is 12.3 Å². The zero-order chi connectivity index (χ0) is 10.6. The van der Waals surface area contributed by atoms with Crippen molar-refractivity contribution in [1.29, 1.82) is 0 Å². The van der Waals surface area contributed by atoms with Crippen molar-refractivity contribution in [2.75, 3.05) is 12.8 Å². The predicted molar refractivity (Wildman–Crippen MR) is 55.9 cm³/mol. The number of rotatable bonds is 4. The molecule has 2 N–H and O–H groups in total. The van der Waals surface area contributed by atoms with E-state index in [1.54, 1.807) is 30.0 Å². The summed E-state index contributed by atoms with van der Waals surface area (Å²) < 4.78 is 25.9. The molecule has 0 saturated heterocycles. The van der Waals surface area contributed by atoms with Crippen molar-refractivity contribution in [2.24, 2.45) is 5.73 Å². The van der Waals surface area contributed by atoms with E-state index in [0.717, 1.165) is 4.90 Å². The Morgan fingerprint density at radius 2 is 2.14 bits per heavy atom. The quantitative estimate of drug-likeness (QED) is 0.784. The molecule has 0 bridgehead atoms. The van der Waals surface area contributed by atoms with Crippen molar-refractivity contribution in [1.82, 2.24) is 0 Å². The number of nitrogens with two attached hydrogens (primary N) is 1. The standard InChI is InChI=1S/C10H13F2NS/c1-14-9-4-2-3-8(5-9)6-10(11,12)7-13/h2-5H,6-7,13H2,1H3. The van der Waals surface area contributed by atoms with Crippen molar-refractivity contribution in [3.63, 3.8) is 0 Å². The van der Waals surface area contributed by atoms with E-state index in [2.05, 4.69) is 0 Å². The van der Waals surface area contributed by atoms with Gasteiger partial charge in [-0.1, -0.05) is 12.1 Å². The number of hydrogen-bond acceptors (Lipinski definition) is 2. The number of alkyl halides is 2. The second kappa shape index (κ2) is 4.75. The Bertz CT molecular complexity index is 302. The lowest BCUT2D eigenvalue weighted by Crippen LogP contribution is -2.30. The van der Waals surface area contributed by atoms with E-state index in [0.29, 0.717) is 5.56 Å². The molecule has 0 spiro atoms. The normalized spacial score (nSPS) is 11.7. The smallest absolute Gasteiger partial charge is 0.264 e. The van der Waals surface area contributed by atoms with E-state index < -0.39 is 12.5 Å². The van der Waals surface area contributed by atoms with Gasteiger partial charge in [-0.15, -0.1) is 11.8 Å². The molecule has 0 aliphatic carbocycles. The maximum absolute atomic E-state index is 12.9. The molecule has 1 nitrogen and oxygen atoms in total. The van der Waals surface area contributed by atoms with Gasteiger partial charge in [-0.2, -0.15) is 0 Å². The molecule has 1 rings (SSSR count). The summed E-state index contributed by atoms with van der Waals surface area (Å²) in [7, 11) is 0. The van der Waals surface area contributed by atoms with Gasteiger partial charge in [0, 0.05) is 11.3 Å². The lowest BCUT2D eigenvalue weighted by Gasteiger charge is -2.13. The zero-order valence-electron chi connectivity index (χ0n) is 7.97. The molecule has 1 aromatic carbocycles. The van der Waals surface area contributed by atoms with Crippen LogP contribution in [0, 0.1) is 0 Å². The third kappa shape index (κ3) is 3.27. The molecule has 0 unspecified atom stereocenters. The largest absolute Gasteiger partial charge is 0.325 e. The van der Waals surface area contributed by atoms with Crippen molar-refractivity contribution in [2.45, 2.75) is 17.2 Å². The number of thioether (sulfide) groups is 1. The molecular weight excluding hydrogens is 204 g/mol. The van der Waals surface area contributed by atoms with Crippen molar-refractivity contribution in [3.8, 4) is 0 Å². The molecule has 0 heterocycles. The molecule has 4 heteroatoms. The molecule has 0 aromatic heterocycles. The zero-order valence-corrected chi connectivity index (χ0v) is 8.78. The highest BCUT2D eigenvalue weighted by molar-refractivity contribution is 7.98. The summed E-state index contributed by atoms with van der Waals surface area (Å²) >= 11 is 1.54. The maximum atomic E-state index is 12.9. The molecule has 0 saturated carbocycles. The average Bonchev–Trinajstić information content (AvgIpc) is 2.17. The minimum Gasteiger partial charge on any atom is -0.325 e. The molecular formula is C10H13F2NS. The van der Waals surface area contributed by atoms with E-state index in [-0.39, 0.29) is 6.42 Å². The summed E-state index contributed by atoms with van der Waals surface area (Å²) in [4.78, 5) is 0.996. The predicted octanol–water partition coefficient (Wildman–Crippen LogP) is 2.54. The van der Waals surface area contributed by atoms with Crippen LogP contribution in [0.15, 0.2) is 29.2 Å². The Balaban J connectivity index is 2.76. The van der Waals surface area contributed by atoms with E-state index in [9.17, 15) is 8.78 Å². The first kappa shape index (κ1) is 11.5. The average molecular weight is 217 g/mol. The van der Waals surface area contributed by atoms with E-state index in [4.69, 9.17) is 5.73 Å². The number of benzene rings is 1. The highest BCUT2D eigenvalue weighted by atomic mass is 32.2. The molecule has 0 radical (unpaired) electrons. The first-order valence-electron chi connectivity index (χ1n) is 4.28. The SMILES string of the molecule is CSc1cccc(CC(F)(F)CN)c1. The first-order valence-corrected chi connectivity index (χ1v) is 5.51. The summed E-state index contributed by atoms with van der Waals surface area (Å²) in [5.74, 6) is -2.79. The second-order valence-electron chi connectivity index (χ2n) is 3.09. The van der Waals surface area contributed by atoms with Gasteiger partial charge in [-0.05, 0) is 24.0 Å². The Hall–Kier alpha value is -0.610. The first-order chi connectivity index (χ1) is 6.57. The van der Waals surface area contributed by atoms with Crippen molar-refractivity contribution < 1.29 is 8.78 Å². The summed E-state index contributed by atoms with van der Waals surface area (Å²) in [6, 6.07) is 7.15. The Kier molecular flexibility index (Phi) is 3.89. The molecule has 0 amide bonds. The third-order valence-corrected chi connectivity index (χ3v) is 2.62. The molecule has 0 aliphatic heterocycles. The van der Waals surface area contributed by atoms with Crippen LogP contribution in [0.4, 0.5) is 8.78 Å². The van der Waals surface area contributed by atoms with Crippen molar-refractivity contribution in [3.05, 3.63) is 29.8 Å². The lowest BCUT2D eigenvalue weighted by atomic mass is 10.1. The molecule has 0 aliphatic rings. The monoisotopic (exact) mass is 217 g/mol. The van der Waals surface area contributed by atoms with Gasteiger partial charge in [0.15, 0.2) is 0 Å². The Morgan fingerprint density at radius 1 is 1.43 bits per heavy atom. The van der Waals surface area contributed by atoms with Crippen LogP contribution in [0.25, 0.3) is 0 Å². The van der Waals surface area contributed by atoms with Crippen LogP contribution in [-0.4, -0.2) is 18.7 Å². The molecule has 14 heavy (non-hydrogen) atoms. The fraction of sp³-hybridized carbons (Fsp3) is 0.400. The van der Waals surface area contributed by atoms with Gasteiger partial charge in [-0.3, -0.25) is 0 Å². The van der Waals surface area contributed by atoms with Gasteiger partial charge < -0.3 is 5.73 Å². The van der Waals surface area contributed by atoms with Crippen LogP contribution in [0.1, 0.15) is 5.56 Å². The summed E-state index contributed by atoms with van der Waals surface area (Å²) in [6.07, 6.45) is 1.64. The number of halogens is 2. The van der Waals surface area contributed by atoms with Gasteiger partial charge in [-0.25, -0.2) is 8.78 Å². The van der Waals surface area contributed by atoms with Crippen LogP contribution in [0.2, 0.25) is 0 Å². The Labute approximate surface area is 86.7 Å². The fourth-order valence-electron chi connectivity index (χ4n) is 1.15.